The molecule has 0 aromatic rings. The quantitative estimate of drug-likeness (QED) is 0.675. The number of carbonyl (C=O) groups excluding carboxylic acids is 2. The van der Waals surface area contributed by atoms with Crippen molar-refractivity contribution in [3.63, 3.8) is 0 Å². The molecule has 5 nitrogen and oxygen atoms in total. The molecule has 2 amide bonds. The van der Waals surface area contributed by atoms with Crippen molar-refractivity contribution in [2.45, 2.75) is 20.3 Å². The molecule has 1 aliphatic heterocycles. The molecule has 0 N–H and O–H groups in total. The summed E-state index contributed by atoms with van der Waals surface area (Å²) in [5, 5.41) is 0. The van der Waals surface area contributed by atoms with Crippen LogP contribution in [0.3, 0.4) is 0 Å². The molecule has 0 saturated carbocycles. The van der Waals surface area contributed by atoms with E-state index in [4.69, 9.17) is 4.74 Å². The predicted octanol–water partition coefficient (Wildman–Crippen LogP) is 0.350. The number of rotatable bonds is 6. The van der Waals surface area contributed by atoms with E-state index >= 15 is 0 Å². The Labute approximate surface area is 103 Å². The van der Waals surface area contributed by atoms with Gasteiger partial charge in [-0.1, -0.05) is 0 Å². The van der Waals surface area contributed by atoms with Gasteiger partial charge in [-0.15, -0.1) is 0 Å². The summed E-state index contributed by atoms with van der Waals surface area (Å²) in [6.07, 6.45) is 0.346. The molecule has 98 valence electrons. The minimum absolute atomic E-state index is 0.0626. The van der Waals surface area contributed by atoms with Gasteiger partial charge in [-0.25, -0.2) is 0 Å². The maximum Gasteiger partial charge on any atom is 0.227 e. The molecule has 5 heteroatoms. The highest BCUT2D eigenvalue weighted by Gasteiger charge is 2.35. The number of methoxy groups -OCH3 is 1. The third-order valence-electron chi connectivity index (χ3n) is 3.20. The Balaban J connectivity index is 2.52. The van der Waals surface area contributed by atoms with Crippen LogP contribution >= 0.6 is 0 Å². The Morgan fingerprint density at radius 2 is 2.12 bits per heavy atom. The number of hydrogen-bond acceptors (Lipinski definition) is 3. The van der Waals surface area contributed by atoms with Gasteiger partial charge in [0.25, 0.3) is 0 Å². The van der Waals surface area contributed by atoms with Crippen LogP contribution < -0.4 is 0 Å². The molecule has 0 spiro atoms. The number of ether oxygens (including phenoxy) is 1. The van der Waals surface area contributed by atoms with E-state index in [1.165, 1.54) is 0 Å². The second-order valence-corrected chi connectivity index (χ2v) is 4.24. The van der Waals surface area contributed by atoms with E-state index in [9.17, 15) is 9.59 Å². The highest BCUT2D eigenvalue weighted by Crippen LogP contribution is 2.19. The van der Waals surface area contributed by atoms with Crippen molar-refractivity contribution in [1.82, 2.24) is 9.80 Å². The van der Waals surface area contributed by atoms with Crippen molar-refractivity contribution < 1.29 is 14.3 Å². The second-order valence-electron chi connectivity index (χ2n) is 4.24. The average molecular weight is 242 g/mol. The van der Waals surface area contributed by atoms with Gasteiger partial charge in [0, 0.05) is 39.7 Å². The first-order valence-electron chi connectivity index (χ1n) is 6.19. The lowest BCUT2D eigenvalue weighted by molar-refractivity contribution is -0.135. The lowest BCUT2D eigenvalue weighted by Gasteiger charge is -2.22. The van der Waals surface area contributed by atoms with Crippen LogP contribution in [-0.2, 0) is 14.3 Å². The molecule has 1 heterocycles. The van der Waals surface area contributed by atoms with E-state index in [1.54, 1.807) is 16.9 Å². The van der Waals surface area contributed by atoms with E-state index in [0.29, 0.717) is 39.2 Å². The maximum absolute atomic E-state index is 12.1. The third kappa shape index (κ3) is 3.43. The van der Waals surface area contributed by atoms with Gasteiger partial charge in [-0.3, -0.25) is 9.59 Å². The number of amides is 2. The maximum atomic E-state index is 12.1. The highest BCUT2D eigenvalue weighted by atomic mass is 16.5. The van der Waals surface area contributed by atoms with Gasteiger partial charge in [0.15, 0.2) is 0 Å². The van der Waals surface area contributed by atoms with Gasteiger partial charge in [-0.2, -0.15) is 0 Å². The number of likely N-dealkylation sites (tertiary alicyclic amines) is 1. The Bertz CT molecular complexity index is 277. The molecule has 0 aromatic carbocycles. The Morgan fingerprint density at radius 1 is 1.47 bits per heavy atom. The van der Waals surface area contributed by atoms with Gasteiger partial charge in [0.2, 0.25) is 11.8 Å². The van der Waals surface area contributed by atoms with Crippen molar-refractivity contribution in [3.8, 4) is 0 Å². The van der Waals surface area contributed by atoms with Gasteiger partial charge in [-0.05, 0) is 13.8 Å². The summed E-state index contributed by atoms with van der Waals surface area (Å²) in [6.45, 7) is 6.98. The summed E-state index contributed by atoms with van der Waals surface area (Å²) in [6, 6.07) is 0. The summed E-state index contributed by atoms with van der Waals surface area (Å²) in [4.78, 5) is 27.3. The van der Waals surface area contributed by atoms with Crippen LogP contribution in [0.2, 0.25) is 0 Å². The van der Waals surface area contributed by atoms with Crippen molar-refractivity contribution in [2.24, 2.45) is 5.92 Å². The molecule has 0 aromatic heterocycles. The fraction of sp³-hybridized carbons (Fsp3) is 0.833. The van der Waals surface area contributed by atoms with E-state index in [-0.39, 0.29) is 17.7 Å². The molecule has 1 fully saturated rings. The van der Waals surface area contributed by atoms with E-state index in [2.05, 4.69) is 0 Å². The molecule has 1 aliphatic rings. The monoisotopic (exact) mass is 242 g/mol. The number of nitrogens with zero attached hydrogens (tertiary/aromatic N) is 2. The minimum atomic E-state index is -0.167. The Hall–Kier alpha value is -1.10. The smallest absolute Gasteiger partial charge is 0.227 e. The predicted molar refractivity (Wildman–Crippen MR) is 64.5 cm³/mol. The van der Waals surface area contributed by atoms with Gasteiger partial charge < -0.3 is 14.5 Å². The van der Waals surface area contributed by atoms with Crippen molar-refractivity contribution in [2.75, 3.05) is 39.9 Å². The van der Waals surface area contributed by atoms with Crippen LogP contribution in [0.5, 0.6) is 0 Å². The molecule has 0 unspecified atom stereocenters. The SMILES string of the molecule is CCN(CC)C(=O)[C@H]1CC(=O)N(CCOC)C1. The molecule has 17 heavy (non-hydrogen) atoms. The minimum Gasteiger partial charge on any atom is -0.383 e. The molecule has 1 saturated heterocycles. The van der Waals surface area contributed by atoms with Crippen LogP contribution in [0.4, 0.5) is 0 Å². The summed E-state index contributed by atoms with van der Waals surface area (Å²) in [7, 11) is 1.61. The van der Waals surface area contributed by atoms with Crippen LogP contribution in [0.25, 0.3) is 0 Å². The first-order valence-corrected chi connectivity index (χ1v) is 6.19. The fourth-order valence-corrected chi connectivity index (χ4v) is 2.15. The first-order chi connectivity index (χ1) is 8.13. The molecule has 1 rings (SSSR count). The largest absolute Gasteiger partial charge is 0.383 e. The lowest BCUT2D eigenvalue weighted by Crippen LogP contribution is -2.37. The van der Waals surface area contributed by atoms with E-state index in [0.717, 1.165) is 0 Å². The second kappa shape index (κ2) is 6.59. The molecule has 0 bridgehead atoms. The van der Waals surface area contributed by atoms with Crippen LogP contribution in [0.15, 0.2) is 0 Å². The van der Waals surface area contributed by atoms with Crippen LogP contribution in [0, 0.1) is 5.92 Å². The normalized spacial score (nSPS) is 19.8. The topological polar surface area (TPSA) is 49.9 Å². The zero-order chi connectivity index (χ0) is 12.8. The Kier molecular flexibility index (Phi) is 5.41. The fourth-order valence-electron chi connectivity index (χ4n) is 2.15. The van der Waals surface area contributed by atoms with Crippen molar-refractivity contribution in [3.05, 3.63) is 0 Å². The molecular weight excluding hydrogens is 220 g/mol. The van der Waals surface area contributed by atoms with Crippen LogP contribution in [0.1, 0.15) is 20.3 Å². The summed E-state index contributed by atoms with van der Waals surface area (Å²) in [5.74, 6) is -0.00456. The van der Waals surface area contributed by atoms with Crippen LogP contribution in [-0.4, -0.2) is 61.5 Å². The molecule has 0 radical (unpaired) electrons. The average Bonchev–Trinajstić information content (AvgIpc) is 2.69. The van der Waals surface area contributed by atoms with E-state index < -0.39 is 0 Å². The number of carbonyl (C=O) groups is 2. The van der Waals surface area contributed by atoms with Crippen molar-refractivity contribution in [1.29, 1.82) is 0 Å². The van der Waals surface area contributed by atoms with Gasteiger partial charge in [0.05, 0.1) is 12.5 Å². The zero-order valence-electron chi connectivity index (χ0n) is 10.9. The number of hydrogen-bond donors (Lipinski definition) is 0. The standard InChI is InChI=1S/C12H22N2O3/c1-4-13(5-2)12(16)10-8-11(15)14(9-10)6-7-17-3/h10H,4-9H2,1-3H3/t10-/m0/s1. The summed E-state index contributed by atoms with van der Waals surface area (Å²) >= 11 is 0. The van der Waals surface area contributed by atoms with Gasteiger partial charge >= 0.3 is 0 Å². The highest BCUT2D eigenvalue weighted by molar-refractivity contribution is 5.89. The third-order valence-corrected chi connectivity index (χ3v) is 3.20. The Morgan fingerprint density at radius 3 is 2.65 bits per heavy atom. The van der Waals surface area contributed by atoms with Crippen molar-refractivity contribution >= 4 is 11.8 Å². The molecular formula is C12H22N2O3. The summed E-state index contributed by atoms with van der Waals surface area (Å²) in [5.41, 5.74) is 0. The first kappa shape index (κ1) is 14.0. The zero-order valence-corrected chi connectivity index (χ0v) is 10.9. The molecule has 1 atom stereocenters. The van der Waals surface area contributed by atoms with E-state index in [1.807, 2.05) is 13.8 Å². The van der Waals surface area contributed by atoms with Gasteiger partial charge in [0.1, 0.15) is 0 Å². The lowest BCUT2D eigenvalue weighted by atomic mass is 10.1. The summed E-state index contributed by atoms with van der Waals surface area (Å²) < 4.78 is 4.95. The molecule has 0 aliphatic carbocycles.